The Balaban J connectivity index is 2.38. The Labute approximate surface area is 137 Å². The fourth-order valence-corrected chi connectivity index (χ4v) is 2.33. The highest BCUT2D eigenvalue weighted by atomic mass is 16.5. The Morgan fingerprint density at radius 3 is 2.48 bits per heavy atom. The molecule has 1 heterocycles. The second kappa shape index (κ2) is 6.82. The van der Waals surface area contributed by atoms with Crippen LogP contribution in [0.1, 0.15) is 43.7 Å². The van der Waals surface area contributed by atoms with Gasteiger partial charge in [-0.2, -0.15) is 5.10 Å². The first-order valence-corrected chi connectivity index (χ1v) is 7.83. The van der Waals surface area contributed by atoms with Crippen molar-refractivity contribution in [1.29, 1.82) is 0 Å². The summed E-state index contributed by atoms with van der Waals surface area (Å²) in [4.78, 5) is 12.1. The van der Waals surface area contributed by atoms with Gasteiger partial charge < -0.3 is 4.74 Å². The van der Waals surface area contributed by atoms with E-state index >= 15 is 0 Å². The third kappa shape index (κ3) is 3.89. The average Bonchev–Trinajstić information content (AvgIpc) is 2.91. The molecule has 23 heavy (non-hydrogen) atoms. The van der Waals surface area contributed by atoms with Crippen molar-refractivity contribution in [1.82, 2.24) is 9.78 Å². The highest BCUT2D eigenvalue weighted by Gasteiger charge is 2.18. The van der Waals surface area contributed by atoms with Gasteiger partial charge in [-0.05, 0) is 24.0 Å². The lowest BCUT2D eigenvalue weighted by molar-refractivity contribution is 0.0512. The van der Waals surface area contributed by atoms with Crippen molar-refractivity contribution < 1.29 is 9.53 Å². The maximum absolute atomic E-state index is 12.1. The Hall–Kier alpha value is -2.36. The van der Waals surface area contributed by atoms with Crippen molar-refractivity contribution in [3.05, 3.63) is 54.2 Å². The zero-order chi connectivity index (χ0) is 17.0. The monoisotopic (exact) mass is 312 g/mol. The average molecular weight is 312 g/mol. The molecule has 0 N–H and O–H groups in total. The maximum Gasteiger partial charge on any atom is 0.356 e. The Bertz CT molecular complexity index is 691. The van der Waals surface area contributed by atoms with Crippen molar-refractivity contribution in [3.63, 3.8) is 0 Å². The molecule has 2 rings (SSSR count). The molecular formula is C19H24N2O2. The highest BCUT2D eigenvalue weighted by Crippen LogP contribution is 2.26. The fourth-order valence-electron chi connectivity index (χ4n) is 2.33. The van der Waals surface area contributed by atoms with Crippen LogP contribution in [-0.4, -0.2) is 22.4 Å². The van der Waals surface area contributed by atoms with Gasteiger partial charge in [0.25, 0.3) is 0 Å². The molecule has 0 unspecified atom stereocenters. The minimum Gasteiger partial charge on any atom is -0.461 e. The molecule has 0 saturated heterocycles. The summed E-state index contributed by atoms with van der Waals surface area (Å²) in [6.45, 7) is 12.8. The number of benzene rings is 1. The molecule has 1 aromatic carbocycles. The molecule has 0 radical (unpaired) electrons. The molecule has 0 atom stereocenters. The lowest BCUT2D eigenvalue weighted by Crippen LogP contribution is -2.12. The lowest BCUT2D eigenvalue weighted by Gasteiger charge is -2.18. The van der Waals surface area contributed by atoms with Gasteiger partial charge in [-0.3, -0.25) is 4.68 Å². The van der Waals surface area contributed by atoms with Crippen molar-refractivity contribution in [2.45, 2.75) is 39.7 Å². The van der Waals surface area contributed by atoms with Crippen LogP contribution in [0.15, 0.2) is 43.0 Å². The van der Waals surface area contributed by atoms with Crippen molar-refractivity contribution in [3.8, 4) is 11.3 Å². The normalized spacial score (nSPS) is 11.3. The molecule has 0 amide bonds. The summed E-state index contributed by atoms with van der Waals surface area (Å²) in [6, 6.07) is 10.1. The van der Waals surface area contributed by atoms with E-state index in [1.165, 1.54) is 5.56 Å². The predicted molar refractivity (Wildman–Crippen MR) is 92.5 cm³/mol. The zero-order valence-electron chi connectivity index (χ0n) is 14.3. The van der Waals surface area contributed by atoms with Gasteiger partial charge in [0.05, 0.1) is 18.8 Å². The quantitative estimate of drug-likeness (QED) is 0.613. The minimum absolute atomic E-state index is 0.108. The molecular weight excluding hydrogens is 288 g/mol. The summed E-state index contributed by atoms with van der Waals surface area (Å²) in [5.74, 6) is -0.362. The molecule has 4 nitrogen and oxygen atoms in total. The van der Waals surface area contributed by atoms with Gasteiger partial charge >= 0.3 is 5.97 Å². The van der Waals surface area contributed by atoms with Gasteiger partial charge in [0.1, 0.15) is 5.69 Å². The van der Waals surface area contributed by atoms with Crippen LogP contribution in [0.5, 0.6) is 0 Å². The number of esters is 1. The maximum atomic E-state index is 12.1. The van der Waals surface area contributed by atoms with Gasteiger partial charge in [0.15, 0.2) is 0 Å². The molecule has 0 saturated carbocycles. The van der Waals surface area contributed by atoms with Gasteiger partial charge in [-0.1, -0.05) is 51.1 Å². The van der Waals surface area contributed by atoms with E-state index in [-0.39, 0.29) is 11.4 Å². The topological polar surface area (TPSA) is 44.1 Å². The second-order valence-corrected chi connectivity index (χ2v) is 6.43. The molecule has 122 valence electrons. The minimum atomic E-state index is -0.362. The van der Waals surface area contributed by atoms with Crippen LogP contribution < -0.4 is 0 Å². The highest BCUT2D eigenvalue weighted by molar-refractivity contribution is 5.89. The molecule has 0 spiro atoms. The predicted octanol–water partition coefficient (Wildman–Crippen LogP) is 4.21. The van der Waals surface area contributed by atoms with Crippen LogP contribution in [0, 0.1) is 0 Å². The first-order chi connectivity index (χ1) is 10.9. The number of allylic oxidation sites excluding steroid dienone is 1. The van der Waals surface area contributed by atoms with E-state index < -0.39 is 0 Å². The SMILES string of the molecule is C=CCn1nc(-c2ccc(C(C)(C)C)cc2)cc1C(=O)OCC. The number of hydrogen-bond acceptors (Lipinski definition) is 3. The third-order valence-corrected chi connectivity index (χ3v) is 3.61. The number of ether oxygens (including phenoxy) is 1. The van der Waals surface area contributed by atoms with Crippen molar-refractivity contribution >= 4 is 5.97 Å². The van der Waals surface area contributed by atoms with E-state index in [4.69, 9.17) is 4.74 Å². The second-order valence-electron chi connectivity index (χ2n) is 6.43. The summed E-state index contributed by atoms with van der Waals surface area (Å²) < 4.78 is 6.72. The summed E-state index contributed by atoms with van der Waals surface area (Å²) in [7, 11) is 0. The molecule has 0 aliphatic heterocycles. The Morgan fingerprint density at radius 2 is 1.96 bits per heavy atom. The summed E-state index contributed by atoms with van der Waals surface area (Å²) >= 11 is 0. The standard InChI is InChI=1S/C19H24N2O2/c1-6-12-21-17(18(22)23-7-2)13-16(20-21)14-8-10-15(11-9-14)19(3,4)5/h6,8-11,13H,1,7,12H2,2-5H3. The fraction of sp³-hybridized carbons (Fsp3) is 0.368. The number of aromatic nitrogens is 2. The number of carbonyl (C=O) groups is 1. The van der Waals surface area contributed by atoms with Crippen LogP contribution in [0.2, 0.25) is 0 Å². The number of rotatable bonds is 5. The van der Waals surface area contributed by atoms with E-state index in [0.29, 0.717) is 18.8 Å². The third-order valence-electron chi connectivity index (χ3n) is 3.61. The van der Waals surface area contributed by atoms with Crippen molar-refractivity contribution in [2.75, 3.05) is 6.61 Å². The molecule has 2 aromatic rings. The smallest absolute Gasteiger partial charge is 0.356 e. The summed E-state index contributed by atoms with van der Waals surface area (Å²) in [5, 5.41) is 4.51. The first kappa shape index (κ1) is 17.0. The number of nitrogens with zero attached hydrogens (tertiary/aromatic N) is 2. The largest absolute Gasteiger partial charge is 0.461 e. The van der Waals surface area contributed by atoms with E-state index in [1.807, 2.05) is 12.1 Å². The Kier molecular flexibility index (Phi) is 5.04. The Morgan fingerprint density at radius 1 is 1.30 bits per heavy atom. The van der Waals surface area contributed by atoms with Gasteiger partial charge in [-0.15, -0.1) is 6.58 Å². The summed E-state index contributed by atoms with van der Waals surface area (Å²) in [5.41, 5.74) is 3.55. The molecule has 4 heteroatoms. The molecule has 0 bridgehead atoms. The zero-order valence-corrected chi connectivity index (χ0v) is 14.3. The van der Waals surface area contributed by atoms with Crippen molar-refractivity contribution in [2.24, 2.45) is 0 Å². The molecule has 0 aliphatic carbocycles. The van der Waals surface area contributed by atoms with E-state index in [2.05, 4.69) is 44.6 Å². The van der Waals surface area contributed by atoms with Crippen LogP contribution in [0.25, 0.3) is 11.3 Å². The number of hydrogen-bond donors (Lipinski definition) is 0. The van der Waals surface area contributed by atoms with E-state index in [1.54, 1.807) is 23.7 Å². The van der Waals surface area contributed by atoms with Crippen LogP contribution in [0.4, 0.5) is 0 Å². The molecule has 0 fully saturated rings. The summed E-state index contributed by atoms with van der Waals surface area (Å²) in [6.07, 6.45) is 1.71. The first-order valence-electron chi connectivity index (χ1n) is 7.83. The van der Waals surface area contributed by atoms with Gasteiger partial charge in [0, 0.05) is 5.56 Å². The van der Waals surface area contributed by atoms with Crippen LogP contribution in [0.3, 0.4) is 0 Å². The van der Waals surface area contributed by atoms with Gasteiger partial charge in [0.2, 0.25) is 0 Å². The lowest BCUT2D eigenvalue weighted by atomic mass is 9.86. The van der Waals surface area contributed by atoms with Crippen LogP contribution in [-0.2, 0) is 16.7 Å². The van der Waals surface area contributed by atoms with E-state index in [9.17, 15) is 4.79 Å². The molecule has 1 aromatic heterocycles. The van der Waals surface area contributed by atoms with E-state index in [0.717, 1.165) is 11.3 Å². The number of carbonyl (C=O) groups excluding carboxylic acids is 1. The molecule has 0 aliphatic rings. The van der Waals surface area contributed by atoms with Crippen LogP contribution >= 0.6 is 0 Å². The van der Waals surface area contributed by atoms with Gasteiger partial charge in [-0.25, -0.2) is 4.79 Å².